The second-order valence-corrected chi connectivity index (χ2v) is 3.52. The van der Waals surface area contributed by atoms with Gasteiger partial charge in [0.05, 0.1) is 6.04 Å². The summed E-state index contributed by atoms with van der Waals surface area (Å²) in [5.41, 5.74) is 6.60. The fraction of sp³-hybridized carbons (Fsp3) is 0.273. The molecule has 4 N–H and O–H groups in total. The lowest BCUT2D eigenvalue weighted by molar-refractivity contribution is -0.144. The predicted molar refractivity (Wildman–Crippen MR) is 59.8 cm³/mol. The zero-order valence-corrected chi connectivity index (χ0v) is 9.09. The van der Waals surface area contributed by atoms with Gasteiger partial charge in [-0.2, -0.15) is 0 Å². The van der Waals surface area contributed by atoms with Gasteiger partial charge in [0.2, 0.25) is 5.91 Å². The number of amides is 2. The molecule has 5 heteroatoms. The number of imide groups is 1. The SMILES string of the molecule is CC(=O)N(N)C(=O)[C@@H](N)Cc1ccccc1. The van der Waals surface area contributed by atoms with Gasteiger partial charge < -0.3 is 5.73 Å². The summed E-state index contributed by atoms with van der Waals surface area (Å²) >= 11 is 0. The Morgan fingerprint density at radius 1 is 1.31 bits per heavy atom. The van der Waals surface area contributed by atoms with Crippen LogP contribution in [0.1, 0.15) is 12.5 Å². The van der Waals surface area contributed by atoms with Gasteiger partial charge in [0.1, 0.15) is 0 Å². The Labute approximate surface area is 94.0 Å². The lowest BCUT2D eigenvalue weighted by Crippen LogP contribution is -2.50. The van der Waals surface area contributed by atoms with Crippen LogP contribution in [0.3, 0.4) is 0 Å². The maximum absolute atomic E-state index is 11.5. The first-order valence-electron chi connectivity index (χ1n) is 4.91. The number of hydrazine groups is 1. The molecule has 0 saturated heterocycles. The van der Waals surface area contributed by atoms with Crippen LogP contribution in [0, 0.1) is 0 Å². The molecule has 1 atom stereocenters. The molecule has 0 aliphatic rings. The number of rotatable bonds is 3. The smallest absolute Gasteiger partial charge is 0.260 e. The third-order valence-corrected chi connectivity index (χ3v) is 2.19. The van der Waals surface area contributed by atoms with Gasteiger partial charge in [-0.05, 0) is 12.0 Å². The molecule has 0 saturated carbocycles. The fourth-order valence-corrected chi connectivity index (χ4v) is 1.29. The predicted octanol–water partition coefficient (Wildman–Crippen LogP) is -0.195. The largest absolute Gasteiger partial charge is 0.320 e. The molecule has 0 radical (unpaired) electrons. The number of benzene rings is 1. The highest BCUT2D eigenvalue weighted by Crippen LogP contribution is 2.03. The molecule has 0 aliphatic heterocycles. The van der Waals surface area contributed by atoms with Crippen molar-refractivity contribution < 1.29 is 9.59 Å². The van der Waals surface area contributed by atoms with Crippen molar-refractivity contribution in [2.45, 2.75) is 19.4 Å². The number of carbonyl (C=O) groups is 2. The molecule has 0 fully saturated rings. The molecule has 0 spiro atoms. The first kappa shape index (κ1) is 12.4. The fourth-order valence-electron chi connectivity index (χ4n) is 1.29. The maximum Gasteiger partial charge on any atom is 0.260 e. The normalized spacial score (nSPS) is 11.9. The maximum atomic E-state index is 11.5. The van der Waals surface area contributed by atoms with Gasteiger partial charge in [0, 0.05) is 6.92 Å². The lowest BCUT2D eigenvalue weighted by atomic mass is 10.1. The number of nitrogens with zero attached hydrogens (tertiary/aromatic N) is 1. The Hall–Kier alpha value is -1.72. The van der Waals surface area contributed by atoms with E-state index in [1.54, 1.807) is 0 Å². The van der Waals surface area contributed by atoms with Gasteiger partial charge in [-0.1, -0.05) is 30.3 Å². The zero-order chi connectivity index (χ0) is 12.1. The second kappa shape index (κ2) is 5.39. The number of hydrogen-bond donors (Lipinski definition) is 2. The molecule has 0 unspecified atom stereocenters. The van der Waals surface area contributed by atoms with E-state index in [4.69, 9.17) is 11.6 Å². The van der Waals surface area contributed by atoms with Crippen molar-refractivity contribution in [1.29, 1.82) is 0 Å². The highest BCUT2D eigenvalue weighted by Gasteiger charge is 2.21. The summed E-state index contributed by atoms with van der Waals surface area (Å²) in [4.78, 5) is 22.4. The molecule has 0 aliphatic carbocycles. The Balaban J connectivity index is 2.62. The van der Waals surface area contributed by atoms with Gasteiger partial charge in [-0.25, -0.2) is 10.9 Å². The first-order chi connectivity index (χ1) is 7.52. The molecule has 16 heavy (non-hydrogen) atoms. The van der Waals surface area contributed by atoms with Crippen LogP contribution in [0.2, 0.25) is 0 Å². The standard InChI is InChI=1S/C11H15N3O2/c1-8(15)14(13)11(16)10(12)7-9-5-3-2-4-6-9/h2-6,10H,7,12-13H2,1H3/t10-/m0/s1. The molecular weight excluding hydrogens is 206 g/mol. The molecule has 2 amide bonds. The topological polar surface area (TPSA) is 89.4 Å². The molecule has 1 aromatic carbocycles. The van der Waals surface area contributed by atoms with Crippen LogP contribution in [0.5, 0.6) is 0 Å². The van der Waals surface area contributed by atoms with E-state index in [1.807, 2.05) is 30.3 Å². The second-order valence-electron chi connectivity index (χ2n) is 3.52. The van der Waals surface area contributed by atoms with Crippen molar-refractivity contribution in [3.8, 4) is 0 Å². The minimum atomic E-state index is -0.795. The van der Waals surface area contributed by atoms with Gasteiger partial charge in [-0.3, -0.25) is 9.59 Å². The molecule has 1 rings (SSSR count). The summed E-state index contributed by atoms with van der Waals surface area (Å²) < 4.78 is 0. The van der Waals surface area contributed by atoms with Crippen molar-refractivity contribution in [3.05, 3.63) is 35.9 Å². The van der Waals surface area contributed by atoms with E-state index >= 15 is 0 Å². The van der Waals surface area contributed by atoms with Crippen molar-refractivity contribution in [1.82, 2.24) is 5.01 Å². The van der Waals surface area contributed by atoms with Gasteiger partial charge in [0.15, 0.2) is 0 Å². The van der Waals surface area contributed by atoms with E-state index in [1.165, 1.54) is 6.92 Å². The van der Waals surface area contributed by atoms with Crippen LogP contribution in [0.15, 0.2) is 30.3 Å². The highest BCUT2D eigenvalue weighted by molar-refractivity contribution is 5.96. The van der Waals surface area contributed by atoms with E-state index in [9.17, 15) is 9.59 Å². The summed E-state index contributed by atoms with van der Waals surface area (Å²) in [6.45, 7) is 1.22. The Kier molecular flexibility index (Phi) is 4.16. The Morgan fingerprint density at radius 2 is 1.88 bits per heavy atom. The van der Waals surface area contributed by atoms with Crippen molar-refractivity contribution >= 4 is 11.8 Å². The molecule has 1 aromatic rings. The zero-order valence-electron chi connectivity index (χ0n) is 9.09. The molecule has 5 nitrogen and oxygen atoms in total. The van der Waals surface area contributed by atoms with Crippen LogP contribution in [-0.2, 0) is 16.0 Å². The number of carbonyl (C=O) groups excluding carboxylic acids is 2. The minimum absolute atomic E-state index is 0.362. The van der Waals surface area contributed by atoms with Crippen LogP contribution in [0.4, 0.5) is 0 Å². The van der Waals surface area contributed by atoms with E-state index in [0.717, 1.165) is 5.56 Å². The number of hydrogen-bond acceptors (Lipinski definition) is 4. The molecule has 86 valence electrons. The Morgan fingerprint density at radius 3 is 2.38 bits per heavy atom. The van der Waals surface area contributed by atoms with E-state index in [-0.39, 0.29) is 0 Å². The minimum Gasteiger partial charge on any atom is -0.320 e. The van der Waals surface area contributed by atoms with E-state index in [2.05, 4.69) is 0 Å². The van der Waals surface area contributed by atoms with Gasteiger partial charge >= 0.3 is 0 Å². The summed E-state index contributed by atoms with van der Waals surface area (Å²) in [5.74, 6) is 4.18. The van der Waals surface area contributed by atoms with Crippen molar-refractivity contribution in [2.24, 2.45) is 11.6 Å². The Bertz CT molecular complexity index is 378. The van der Waals surface area contributed by atoms with Crippen LogP contribution in [0.25, 0.3) is 0 Å². The first-order valence-corrected chi connectivity index (χ1v) is 4.91. The average Bonchev–Trinajstić information content (AvgIpc) is 2.28. The number of nitrogens with two attached hydrogens (primary N) is 2. The van der Waals surface area contributed by atoms with E-state index in [0.29, 0.717) is 11.4 Å². The summed E-state index contributed by atoms with van der Waals surface area (Å²) in [6, 6.07) is 8.52. The quantitative estimate of drug-likeness (QED) is 0.420. The molecule has 0 bridgehead atoms. The lowest BCUT2D eigenvalue weighted by Gasteiger charge is -2.17. The third kappa shape index (κ3) is 3.15. The summed E-state index contributed by atoms with van der Waals surface area (Å²) in [6.07, 6.45) is 0.362. The van der Waals surface area contributed by atoms with Crippen LogP contribution in [-0.4, -0.2) is 22.9 Å². The van der Waals surface area contributed by atoms with Crippen molar-refractivity contribution in [3.63, 3.8) is 0 Å². The molecule has 0 heterocycles. The highest BCUT2D eigenvalue weighted by atomic mass is 16.2. The average molecular weight is 221 g/mol. The molecule has 0 aromatic heterocycles. The van der Waals surface area contributed by atoms with Gasteiger partial charge in [0.25, 0.3) is 5.91 Å². The van der Waals surface area contributed by atoms with E-state index < -0.39 is 17.9 Å². The summed E-state index contributed by atoms with van der Waals surface area (Å²) in [7, 11) is 0. The van der Waals surface area contributed by atoms with Crippen molar-refractivity contribution in [2.75, 3.05) is 0 Å². The third-order valence-electron chi connectivity index (χ3n) is 2.19. The van der Waals surface area contributed by atoms with Gasteiger partial charge in [-0.15, -0.1) is 0 Å². The van der Waals surface area contributed by atoms with Crippen LogP contribution >= 0.6 is 0 Å². The summed E-state index contributed by atoms with van der Waals surface area (Å²) in [5, 5.41) is 0.549. The van der Waals surface area contributed by atoms with Crippen LogP contribution < -0.4 is 11.6 Å². The monoisotopic (exact) mass is 221 g/mol. The molecular formula is C11H15N3O2.